The zero-order valence-electron chi connectivity index (χ0n) is 13.7. The molecule has 1 aliphatic carbocycles. The minimum Gasteiger partial charge on any atom is -0.342 e. The molecule has 0 radical (unpaired) electrons. The van der Waals surface area contributed by atoms with E-state index in [2.05, 4.69) is 10.2 Å². The first kappa shape index (κ1) is 15.3. The highest BCUT2D eigenvalue weighted by Crippen LogP contribution is 2.49. The van der Waals surface area contributed by atoms with Gasteiger partial charge in [0.1, 0.15) is 18.0 Å². The second kappa shape index (κ2) is 6.00. The van der Waals surface area contributed by atoms with Crippen molar-refractivity contribution in [3.05, 3.63) is 47.8 Å². The fourth-order valence-electron chi connectivity index (χ4n) is 3.83. The van der Waals surface area contributed by atoms with Crippen molar-refractivity contribution in [3.63, 3.8) is 0 Å². The lowest BCUT2D eigenvalue weighted by molar-refractivity contribution is -0.133. The van der Waals surface area contributed by atoms with Gasteiger partial charge in [-0.15, -0.1) is 10.2 Å². The van der Waals surface area contributed by atoms with E-state index < -0.39 is 0 Å². The van der Waals surface area contributed by atoms with Gasteiger partial charge in [0, 0.05) is 32.0 Å². The summed E-state index contributed by atoms with van der Waals surface area (Å²) in [7, 11) is 1.96. The summed E-state index contributed by atoms with van der Waals surface area (Å²) >= 11 is 0. The lowest BCUT2D eigenvalue weighted by Crippen LogP contribution is -2.39. The van der Waals surface area contributed by atoms with E-state index in [1.165, 1.54) is 6.07 Å². The number of rotatable bonds is 3. The van der Waals surface area contributed by atoms with E-state index in [0.29, 0.717) is 5.92 Å². The summed E-state index contributed by atoms with van der Waals surface area (Å²) in [6.45, 7) is 1.53. The van der Waals surface area contributed by atoms with Crippen LogP contribution in [0.15, 0.2) is 30.6 Å². The van der Waals surface area contributed by atoms with Crippen LogP contribution in [0.5, 0.6) is 0 Å². The highest BCUT2D eigenvalue weighted by Gasteiger charge is 2.46. The number of hydrogen-bond donors (Lipinski definition) is 0. The van der Waals surface area contributed by atoms with E-state index in [4.69, 9.17) is 0 Å². The van der Waals surface area contributed by atoms with Gasteiger partial charge in [-0.05, 0) is 42.9 Å². The number of aromatic nitrogens is 3. The molecule has 5 nitrogen and oxygen atoms in total. The molecule has 1 amide bonds. The monoisotopic (exact) mass is 328 g/mol. The molecule has 2 fully saturated rings. The number of likely N-dealkylation sites (tertiary alicyclic amines) is 1. The van der Waals surface area contributed by atoms with Crippen LogP contribution in [0, 0.1) is 11.7 Å². The molecule has 0 N–H and O–H groups in total. The fourth-order valence-corrected chi connectivity index (χ4v) is 3.83. The van der Waals surface area contributed by atoms with Crippen LogP contribution in [0.25, 0.3) is 0 Å². The number of carbonyl (C=O) groups is 1. The molecule has 0 spiro atoms. The van der Waals surface area contributed by atoms with Crippen molar-refractivity contribution >= 4 is 5.91 Å². The van der Waals surface area contributed by atoms with Gasteiger partial charge in [-0.25, -0.2) is 4.39 Å². The summed E-state index contributed by atoms with van der Waals surface area (Å²) in [6, 6.07) is 6.64. The standard InChI is InChI=1S/C18H21FN4O/c1-22-11-20-21-17(22)12-5-7-23(8-6-12)18(24)16-10-15(16)13-3-2-4-14(19)9-13/h2-4,9,11-12,15-16H,5-8,10H2,1H3/t15-,16-/m0/s1. The Morgan fingerprint density at radius 2 is 2.08 bits per heavy atom. The molecule has 4 rings (SSSR count). The molecule has 1 aromatic carbocycles. The number of nitrogens with zero attached hydrogens (tertiary/aromatic N) is 4. The maximum Gasteiger partial charge on any atom is 0.226 e. The summed E-state index contributed by atoms with van der Waals surface area (Å²) in [5.74, 6) is 1.59. The van der Waals surface area contributed by atoms with Crippen molar-refractivity contribution < 1.29 is 9.18 Å². The number of aryl methyl sites for hydroxylation is 1. The summed E-state index contributed by atoms with van der Waals surface area (Å²) in [4.78, 5) is 14.7. The number of carbonyl (C=O) groups excluding carboxylic acids is 1. The van der Waals surface area contributed by atoms with E-state index in [9.17, 15) is 9.18 Å². The van der Waals surface area contributed by atoms with Gasteiger partial charge in [0.15, 0.2) is 0 Å². The van der Waals surface area contributed by atoms with Crippen molar-refractivity contribution in [3.8, 4) is 0 Å². The van der Waals surface area contributed by atoms with Gasteiger partial charge in [0.25, 0.3) is 0 Å². The fraction of sp³-hybridized carbons (Fsp3) is 0.500. The molecule has 24 heavy (non-hydrogen) atoms. The van der Waals surface area contributed by atoms with Gasteiger partial charge in [-0.3, -0.25) is 4.79 Å². The Balaban J connectivity index is 1.35. The largest absolute Gasteiger partial charge is 0.342 e. The first-order chi connectivity index (χ1) is 11.6. The highest BCUT2D eigenvalue weighted by atomic mass is 19.1. The lowest BCUT2D eigenvalue weighted by atomic mass is 9.95. The summed E-state index contributed by atoms with van der Waals surface area (Å²) in [5.41, 5.74) is 0.947. The normalized spacial score (nSPS) is 24.2. The molecule has 1 saturated heterocycles. The van der Waals surface area contributed by atoms with Crippen LogP contribution in [0.2, 0.25) is 0 Å². The molecule has 1 saturated carbocycles. The molecule has 6 heteroatoms. The predicted octanol–water partition coefficient (Wildman–Crippen LogP) is 2.46. The Morgan fingerprint density at radius 1 is 1.29 bits per heavy atom. The van der Waals surface area contributed by atoms with Crippen molar-refractivity contribution in [2.45, 2.75) is 31.1 Å². The Hall–Kier alpha value is -2.24. The minimum absolute atomic E-state index is 0.0261. The molecular formula is C18H21FN4O. The predicted molar refractivity (Wildman–Crippen MR) is 86.8 cm³/mol. The van der Waals surface area contributed by atoms with Crippen molar-refractivity contribution in [1.29, 1.82) is 0 Å². The average Bonchev–Trinajstić information content (AvgIpc) is 3.29. The third-order valence-corrected chi connectivity index (χ3v) is 5.30. The molecule has 1 aliphatic heterocycles. The van der Waals surface area contributed by atoms with Gasteiger partial charge in [-0.1, -0.05) is 12.1 Å². The van der Waals surface area contributed by atoms with Gasteiger partial charge < -0.3 is 9.47 Å². The van der Waals surface area contributed by atoms with Crippen LogP contribution < -0.4 is 0 Å². The first-order valence-electron chi connectivity index (χ1n) is 8.51. The van der Waals surface area contributed by atoms with E-state index in [1.54, 1.807) is 18.5 Å². The smallest absolute Gasteiger partial charge is 0.226 e. The third kappa shape index (κ3) is 2.81. The molecule has 126 valence electrons. The molecule has 2 aromatic rings. The number of benzene rings is 1. The van der Waals surface area contributed by atoms with Crippen LogP contribution in [-0.4, -0.2) is 38.7 Å². The molecule has 0 unspecified atom stereocenters. The summed E-state index contributed by atoms with van der Waals surface area (Å²) < 4.78 is 15.3. The van der Waals surface area contributed by atoms with Crippen LogP contribution >= 0.6 is 0 Å². The number of piperidine rings is 1. The SMILES string of the molecule is Cn1cnnc1C1CCN(C(=O)[C@H]2C[C@H]2c2cccc(F)c2)CC1. The second-order valence-electron chi connectivity index (χ2n) is 6.90. The van der Waals surface area contributed by atoms with E-state index in [1.807, 2.05) is 22.6 Å². The zero-order valence-corrected chi connectivity index (χ0v) is 13.7. The molecular weight excluding hydrogens is 307 g/mol. The van der Waals surface area contributed by atoms with Gasteiger partial charge >= 0.3 is 0 Å². The Labute approximate surface area is 140 Å². The average molecular weight is 328 g/mol. The lowest BCUT2D eigenvalue weighted by Gasteiger charge is -2.31. The summed E-state index contributed by atoms with van der Waals surface area (Å²) in [6.07, 6.45) is 4.41. The van der Waals surface area contributed by atoms with E-state index >= 15 is 0 Å². The minimum atomic E-state index is -0.227. The zero-order chi connectivity index (χ0) is 16.7. The van der Waals surface area contributed by atoms with Gasteiger partial charge in [0.05, 0.1) is 0 Å². The number of hydrogen-bond acceptors (Lipinski definition) is 3. The summed E-state index contributed by atoms with van der Waals surface area (Å²) in [5, 5.41) is 8.13. The van der Waals surface area contributed by atoms with E-state index in [-0.39, 0.29) is 23.6 Å². The van der Waals surface area contributed by atoms with Crippen molar-refractivity contribution in [1.82, 2.24) is 19.7 Å². The Kier molecular flexibility index (Phi) is 3.82. The molecule has 2 heterocycles. The third-order valence-electron chi connectivity index (χ3n) is 5.30. The van der Waals surface area contributed by atoms with Crippen molar-refractivity contribution in [2.75, 3.05) is 13.1 Å². The quantitative estimate of drug-likeness (QED) is 0.870. The first-order valence-corrected chi connectivity index (χ1v) is 8.51. The maximum absolute atomic E-state index is 13.3. The molecule has 1 aromatic heterocycles. The van der Waals surface area contributed by atoms with Crippen LogP contribution in [-0.2, 0) is 11.8 Å². The number of amides is 1. The molecule has 0 bridgehead atoms. The topological polar surface area (TPSA) is 51.0 Å². The Morgan fingerprint density at radius 3 is 2.75 bits per heavy atom. The van der Waals surface area contributed by atoms with Crippen LogP contribution in [0.3, 0.4) is 0 Å². The Bertz CT molecular complexity index is 751. The molecule has 2 aliphatic rings. The maximum atomic E-state index is 13.3. The number of halogens is 1. The highest BCUT2D eigenvalue weighted by molar-refractivity contribution is 5.83. The van der Waals surface area contributed by atoms with E-state index in [0.717, 1.165) is 43.7 Å². The molecule has 2 atom stereocenters. The van der Waals surface area contributed by atoms with Gasteiger partial charge in [-0.2, -0.15) is 0 Å². The van der Waals surface area contributed by atoms with Crippen LogP contribution in [0.4, 0.5) is 4.39 Å². The van der Waals surface area contributed by atoms with Gasteiger partial charge in [0.2, 0.25) is 5.91 Å². The van der Waals surface area contributed by atoms with Crippen LogP contribution in [0.1, 0.15) is 42.5 Å². The second-order valence-corrected chi connectivity index (χ2v) is 6.90. The van der Waals surface area contributed by atoms with Crippen molar-refractivity contribution in [2.24, 2.45) is 13.0 Å².